The van der Waals surface area contributed by atoms with E-state index in [9.17, 15) is 0 Å². The van der Waals surface area contributed by atoms with Gasteiger partial charge in [-0.2, -0.15) is 0 Å². The number of hydrogen-bond donors (Lipinski definition) is 0. The van der Waals surface area contributed by atoms with E-state index in [4.69, 9.17) is 24.3 Å². The Labute approximate surface area is 268 Å². The van der Waals surface area contributed by atoms with E-state index in [1.165, 1.54) is 10.8 Å². The number of fused-ring (bicyclic) bond motifs is 3. The summed E-state index contributed by atoms with van der Waals surface area (Å²) in [5.41, 5.74) is 6.26. The Balaban J connectivity index is 1.23. The zero-order valence-electron chi connectivity index (χ0n) is 26.3. The lowest BCUT2D eigenvalue weighted by Gasteiger charge is -2.32. The van der Waals surface area contributed by atoms with Crippen LogP contribution < -0.4 is 5.46 Å². The van der Waals surface area contributed by atoms with Crippen LogP contribution in [0, 0.1) is 0 Å². The smallest absolute Gasteiger partial charge is 0.399 e. The van der Waals surface area contributed by atoms with Crippen LogP contribution in [0.4, 0.5) is 0 Å². The third kappa shape index (κ3) is 4.80. The van der Waals surface area contributed by atoms with Crippen molar-refractivity contribution in [3.8, 4) is 39.9 Å². The number of hydrogen-bond acceptors (Lipinski definition) is 5. The molecule has 8 rings (SSSR count). The van der Waals surface area contributed by atoms with Gasteiger partial charge in [-0.15, -0.1) is 0 Å². The van der Waals surface area contributed by atoms with Gasteiger partial charge in [0.15, 0.2) is 17.5 Å². The molecule has 6 nitrogen and oxygen atoms in total. The number of nitrogens with zero attached hydrogens (tertiary/aromatic N) is 4. The normalized spacial score (nSPS) is 15.5. The minimum absolute atomic E-state index is 0.412. The van der Waals surface area contributed by atoms with E-state index in [0.717, 1.165) is 38.9 Å². The first kappa shape index (κ1) is 28.4. The van der Waals surface area contributed by atoms with E-state index in [1.54, 1.807) is 0 Å². The fourth-order valence-corrected chi connectivity index (χ4v) is 6.09. The quantitative estimate of drug-likeness (QED) is 0.186. The summed E-state index contributed by atoms with van der Waals surface area (Å²) in [5, 5.41) is 2.37. The van der Waals surface area contributed by atoms with Gasteiger partial charge in [-0.3, -0.25) is 0 Å². The van der Waals surface area contributed by atoms with Gasteiger partial charge in [0.05, 0.1) is 22.2 Å². The average Bonchev–Trinajstić information content (AvgIpc) is 3.53. The van der Waals surface area contributed by atoms with Gasteiger partial charge < -0.3 is 13.9 Å². The highest BCUT2D eigenvalue weighted by Crippen LogP contribution is 2.38. The molecule has 1 aliphatic rings. The summed E-state index contributed by atoms with van der Waals surface area (Å²) in [6.07, 6.45) is 0. The summed E-state index contributed by atoms with van der Waals surface area (Å²) >= 11 is 0. The fourth-order valence-electron chi connectivity index (χ4n) is 6.09. The molecule has 2 aromatic heterocycles. The maximum Gasteiger partial charge on any atom is 0.494 e. The highest BCUT2D eigenvalue weighted by atomic mass is 16.7. The molecule has 5 aromatic carbocycles. The van der Waals surface area contributed by atoms with Gasteiger partial charge in [0, 0.05) is 33.2 Å². The zero-order chi connectivity index (χ0) is 31.5. The maximum atomic E-state index is 6.42. The van der Waals surface area contributed by atoms with Crippen LogP contribution in [0.5, 0.6) is 0 Å². The SMILES string of the molecule is CC1(C)OB(c2ccc3c4ccccc4n(-c4ccc(-c5nc(-c6ccccc6)nc(-c6ccccc6)n5)cc4)c3c2)OC1(C)C. The van der Waals surface area contributed by atoms with E-state index < -0.39 is 18.3 Å². The van der Waals surface area contributed by atoms with Gasteiger partial charge in [0.2, 0.25) is 0 Å². The summed E-state index contributed by atoms with van der Waals surface area (Å²) in [4.78, 5) is 14.7. The third-order valence-corrected chi connectivity index (χ3v) is 9.31. The second kappa shape index (κ2) is 10.8. The Hall–Kier alpha value is -5.11. The van der Waals surface area contributed by atoms with Crippen LogP contribution >= 0.6 is 0 Å². The molecule has 0 unspecified atom stereocenters. The van der Waals surface area contributed by atoms with Crippen molar-refractivity contribution in [3.63, 3.8) is 0 Å². The maximum absolute atomic E-state index is 6.42. The van der Waals surface area contributed by atoms with Crippen LogP contribution in [-0.2, 0) is 9.31 Å². The Morgan fingerprint density at radius 3 is 1.54 bits per heavy atom. The second-order valence-corrected chi connectivity index (χ2v) is 12.8. The summed E-state index contributed by atoms with van der Waals surface area (Å²) in [6, 6.07) is 43.6. The van der Waals surface area contributed by atoms with E-state index in [-0.39, 0.29) is 0 Å². The minimum Gasteiger partial charge on any atom is -0.399 e. The monoisotopic (exact) mass is 600 g/mol. The molecule has 7 heteroatoms. The molecule has 0 aliphatic carbocycles. The molecule has 224 valence electrons. The van der Waals surface area contributed by atoms with E-state index in [1.807, 2.05) is 60.7 Å². The van der Waals surface area contributed by atoms with Gasteiger partial charge in [-0.1, -0.05) is 91.0 Å². The molecular weight excluding hydrogens is 567 g/mol. The van der Waals surface area contributed by atoms with Crippen molar-refractivity contribution >= 4 is 34.4 Å². The largest absolute Gasteiger partial charge is 0.494 e. The molecule has 0 amide bonds. The van der Waals surface area contributed by atoms with Gasteiger partial charge in [-0.25, -0.2) is 15.0 Å². The predicted octanol–water partition coefficient (Wildman–Crippen LogP) is 8.27. The van der Waals surface area contributed by atoms with Crippen LogP contribution in [0.15, 0.2) is 127 Å². The number of para-hydroxylation sites is 1. The van der Waals surface area contributed by atoms with E-state index in [2.05, 4.69) is 99.0 Å². The zero-order valence-corrected chi connectivity index (χ0v) is 26.3. The summed E-state index contributed by atoms with van der Waals surface area (Å²) < 4.78 is 15.1. The standard InChI is InChI=1S/C39H33BN4O2/c1-38(2)39(3,4)46-40(45-38)29-21-24-32-31-17-11-12-18-33(31)44(34(32)25-29)30-22-19-28(20-23-30)37-42-35(26-13-7-5-8-14-26)41-36(43-37)27-15-9-6-10-16-27/h5-25H,1-4H3. The topological polar surface area (TPSA) is 62.1 Å². The van der Waals surface area contributed by atoms with E-state index in [0.29, 0.717) is 17.5 Å². The van der Waals surface area contributed by atoms with Gasteiger partial charge in [0.25, 0.3) is 0 Å². The molecule has 0 atom stereocenters. The first-order chi connectivity index (χ1) is 22.3. The van der Waals surface area contributed by atoms with Crippen molar-refractivity contribution in [1.29, 1.82) is 0 Å². The lowest BCUT2D eigenvalue weighted by atomic mass is 9.79. The van der Waals surface area contributed by atoms with E-state index >= 15 is 0 Å². The summed E-state index contributed by atoms with van der Waals surface area (Å²) in [6.45, 7) is 8.34. The molecule has 1 aliphatic heterocycles. The lowest BCUT2D eigenvalue weighted by Crippen LogP contribution is -2.41. The molecular formula is C39H33BN4O2. The molecule has 0 saturated carbocycles. The van der Waals surface area contributed by atoms with Crippen molar-refractivity contribution in [2.45, 2.75) is 38.9 Å². The molecule has 1 saturated heterocycles. The molecule has 7 aromatic rings. The highest BCUT2D eigenvalue weighted by molar-refractivity contribution is 6.62. The van der Waals surface area contributed by atoms with Crippen molar-refractivity contribution < 1.29 is 9.31 Å². The van der Waals surface area contributed by atoms with Crippen LogP contribution in [0.1, 0.15) is 27.7 Å². The fraction of sp³-hybridized carbons (Fsp3) is 0.154. The lowest BCUT2D eigenvalue weighted by molar-refractivity contribution is 0.00578. The minimum atomic E-state index is -0.440. The van der Waals surface area contributed by atoms with Gasteiger partial charge >= 0.3 is 7.12 Å². The molecule has 0 spiro atoms. The van der Waals surface area contributed by atoms with Gasteiger partial charge in [0.1, 0.15) is 0 Å². The molecule has 0 radical (unpaired) electrons. The van der Waals surface area contributed by atoms with Crippen LogP contribution in [0.2, 0.25) is 0 Å². The summed E-state index contributed by atoms with van der Waals surface area (Å²) in [5.74, 6) is 1.92. The molecule has 46 heavy (non-hydrogen) atoms. The number of benzene rings is 5. The Morgan fingerprint density at radius 1 is 0.500 bits per heavy atom. The number of aromatic nitrogens is 4. The number of rotatable bonds is 5. The van der Waals surface area contributed by atoms with Crippen molar-refractivity contribution in [1.82, 2.24) is 19.5 Å². The Morgan fingerprint density at radius 2 is 0.978 bits per heavy atom. The average molecular weight is 601 g/mol. The van der Waals surface area contributed by atoms with Crippen molar-refractivity contribution in [2.75, 3.05) is 0 Å². The Kier molecular flexibility index (Phi) is 6.64. The van der Waals surface area contributed by atoms with Gasteiger partial charge in [-0.05, 0) is 69.6 Å². The molecule has 0 N–H and O–H groups in total. The predicted molar refractivity (Wildman–Crippen MR) is 186 cm³/mol. The first-order valence-corrected chi connectivity index (χ1v) is 15.6. The molecule has 1 fully saturated rings. The summed E-state index contributed by atoms with van der Waals surface area (Å²) in [7, 11) is -0.440. The second-order valence-electron chi connectivity index (χ2n) is 12.8. The highest BCUT2D eigenvalue weighted by Gasteiger charge is 2.51. The third-order valence-electron chi connectivity index (χ3n) is 9.31. The Bertz CT molecular complexity index is 2140. The molecule has 3 heterocycles. The van der Waals surface area contributed by atoms with Crippen molar-refractivity contribution in [2.24, 2.45) is 0 Å². The van der Waals surface area contributed by atoms with Crippen molar-refractivity contribution in [3.05, 3.63) is 127 Å². The first-order valence-electron chi connectivity index (χ1n) is 15.6. The van der Waals surface area contributed by atoms with Crippen LogP contribution in [0.25, 0.3) is 61.7 Å². The van der Waals surface area contributed by atoms with Crippen LogP contribution in [-0.4, -0.2) is 37.8 Å². The van der Waals surface area contributed by atoms with Crippen LogP contribution in [0.3, 0.4) is 0 Å². The molecule has 0 bridgehead atoms.